The number of aryl methyl sites for hydroxylation is 2. The first kappa shape index (κ1) is 12.4. The average molecular weight is 245 g/mol. The summed E-state index contributed by atoms with van der Waals surface area (Å²) in [6, 6.07) is 10.3. The van der Waals surface area contributed by atoms with E-state index in [0.29, 0.717) is 18.0 Å². The van der Waals surface area contributed by atoms with Crippen molar-refractivity contribution < 1.29 is 9.13 Å². The smallest absolute Gasteiger partial charge is 0.142 e. The molecule has 2 aromatic rings. The monoisotopic (exact) mass is 245 g/mol. The fraction of sp³-hybridized carbons (Fsp3) is 0.200. The molecule has 0 heterocycles. The number of hydrogen-bond acceptors (Lipinski definition) is 2. The van der Waals surface area contributed by atoms with Crippen molar-refractivity contribution in [3.63, 3.8) is 0 Å². The maximum atomic E-state index is 13.0. The molecular weight excluding hydrogens is 229 g/mol. The van der Waals surface area contributed by atoms with E-state index in [1.807, 2.05) is 32.0 Å². The molecule has 0 spiro atoms. The van der Waals surface area contributed by atoms with Crippen LogP contribution >= 0.6 is 0 Å². The van der Waals surface area contributed by atoms with Gasteiger partial charge in [-0.25, -0.2) is 4.39 Å². The van der Waals surface area contributed by atoms with Gasteiger partial charge < -0.3 is 10.5 Å². The van der Waals surface area contributed by atoms with Gasteiger partial charge in [-0.15, -0.1) is 0 Å². The Kier molecular flexibility index (Phi) is 3.51. The SMILES string of the molecule is Cc1ccc(OCc2ccc(F)cc2C)c(N)c1. The molecule has 2 nitrogen and oxygen atoms in total. The highest BCUT2D eigenvalue weighted by Gasteiger charge is 2.04. The summed E-state index contributed by atoms with van der Waals surface area (Å²) in [5.74, 6) is 0.426. The molecule has 0 aromatic heterocycles. The van der Waals surface area contributed by atoms with Crippen molar-refractivity contribution in [2.24, 2.45) is 0 Å². The van der Waals surface area contributed by atoms with Crippen LogP contribution in [0.1, 0.15) is 16.7 Å². The van der Waals surface area contributed by atoms with Crippen molar-refractivity contribution in [2.45, 2.75) is 20.5 Å². The normalized spacial score (nSPS) is 10.4. The molecule has 0 aliphatic carbocycles. The molecule has 18 heavy (non-hydrogen) atoms. The van der Waals surface area contributed by atoms with Crippen molar-refractivity contribution in [3.8, 4) is 5.75 Å². The number of ether oxygens (including phenoxy) is 1. The second-order valence-corrected chi connectivity index (χ2v) is 4.40. The predicted octanol–water partition coefficient (Wildman–Crippen LogP) is 3.60. The average Bonchev–Trinajstić information content (AvgIpc) is 2.30. The Morgan fingerprint density at radius 2 is 1.89 bits per heavy atom. The van der Waals surface area contributed by atoms with E-state index in [4.69, 9.17) is 10.5 Å². The molecule has 0 saturated carbocycles. The summed E-state index contributed by atoms with van der Waals surface area (Å²) in [5, 5.41) is 0. The number of rotatable bonds is 3. The van der Waals surface area contributed by atoms with Gasteiger partial charge in [0.2, 0.25) is 0 Å². The lowest BCUT2D eigenvalue weighted by molar-refractivity contribution is 0.307. The lowest BCUT2D eigenvalue weighted by atomic mass is 10.1. The molecule has 0 aliphatic heterocycles. The van der Waals surface area contributed by atoms with E-state index < -0.39 is 0 Å². The van der Waals surface area contributed by atoms with E-state index in [0.717, 1.165) is 16.7 Å². The Bertz CT molecular complexity index is 515. The van der Waals surface area contributed by atoms with Gasteiger partial charge in [0.25, 0.3) is 0 Å². The molecular formula is C15H16FNO. The van der Waals surface area contributed by atoms with Crippen LogP contribution in [0.4, 0.5) is 10.1 Å². The molecule has 0 aliphatic rings. The molecule has 94 valence electrons. The summed E-state index contributed by atoms with van der Waals surface area (Å²) < 4.78 is 18.6. The molecule has 0 bridgehead atoms. The molecule has 2 rings (SSSR count). The molecule has 0 fully saturated rings. The largest absolute Gasteiger partial charge is 0.487 e. The van der Waals surface area contributed by atoms with Gasteiger partial charge in [-0.3, -0.25) is 0 Å². The van der Waals surface area contributed by atoms with Crippen molar-refractivity contribution in [1.82, 2.24) is 0 Å². The van der Waals surface area contributed by atoms with Gasteiger partial charge in [-0.1, -0.05) is 12.1 Å². The zero-order valence-electron chi connectivity index (χ0n) is 10.5. The third-order valence-corrected chi connectivity index (χ3v) is 2.85. The summed E-state index contributed by atoms with van der Waals surface area (Å²) in [4.78, 5) is 0. The van der Waals surface area contributed by atoms with E-state index in [-0.39, 0.29) is 5.82 Å². The second kappa shape index (κ2) is 5.08. The number of halogens is 1. The highest BCUT2D eigenvalue weighted by molar-refractivity contribution is 5.54. The van der Waals surface area contributed by atoms with Gasteiger partial charge in [0.05, 0.1) is 5.69 Å². The van der Waals surface area contributed by atoms with Crippen LogP contribution in [-0.4, -0.2) is 0 Å². The van der Waals surface area contributed by atoms with E-state index in [9.17, 15) is 4.39 Å². The minimum atomic E-state index is -0.230. The molecule has 0 unspecified atom stereocenters. The highest BCUT2D eigenvalue weighted by Crippen LogP contribution is 2.23. The number of hydrogen-bond donors (Lipinski definition) is 1. The maximum absolute atomic E-state index is 13.0. The first-order chi connectivity index (χ1) is 8.56. The number of benzene rings is 2. The molecule has 2 N–H and O–H groups in total. The van der Waals surface area contributed by atoms with Crippen molar-refractivity contribution >= 4 is 5.69 Å². The molecule has 3 heteroatoms. The Hall–Kier alpha value is -2.03. The standard InChI is InChI=1S/C15H16FNO/c1-10-3-6-15(14(17)7-10)18-9-12-4-5-13(16)8-11(12)2/h3-8H,9,17H2,1-2H3. The second-order valence-electron chi connectivity index (χ2n) is 4.40. The number of nitrogen functional groups attached to an aromatic ring is 1. The summed E-state index contributed by atoms with van der Waals surface area (Å²) in [6.45, 7) is 4.23. The Labute approximate surface area is 106 Å². The van der Waals surface area contributed by atoms with E-state index in [2.05, 4.69) is 0 Å². The van der Waals surface area contributed by atoms with Crippen molar-refractivity contribution in [3.05, 3.63) is 58.9 Å². The fourth-order valence-corrected chi connectivity index (χ4v) is 1.78. The van der Waals surface area contributed by atoms with Gasteiger partial charge in [0.15, 0.2) is 0 Å². The van der Waals surface area contributed by atoms with Crippen molar-refractivity contribution in [1.29, 1.82) is 0 Å². The minimum Gasteiger partial charge on any atom is -0.487 e. The van der Waals surface area contributed by atoms with Gasteiger partial charge in [-0.2, -0.15) is 0 Å². The number of nitrogens with two attached hydrogens (primary N) is 1. The lowest BCUT2D eigenvalue weighted by Gasteiger charge is -2.11. The number of anilines is 1. The quantitative estimate of drug-likeness (QED) is 0.838. The van der Waals surface area contributed by atoms with Crippen LogP contribution in [0.25, 0.3) is 0 Å². The summed E-state index contributed by atoms with van der Waals surface area (Å²) in [5.41, 5.74) is 9.41. The van der Waals surface area contributed by atoms with Crippen molar-refractivity contribution in [2.75, 3.05) is 5.73 Å². The molecule has 0 atom stereocenters. The highest BCUT2D eigenvalue weighted by atomic mass is 19.1. The van der Waals surface area contributed by atoms with E-state index >= 15 is 0 Å². The zero-order valence-corrected chi connectivity index (χ0v) is 10.5. The lowest BCUT2D eigenvalue weighted by Crippen LogP contribution is -2.01. The summed E-state index contributed by atoms with van der Waals surface area (Å²) in [6.07, 6.45) is 0. The van der Waals surface area contributed by atoms with Crippen LogP contribution in [0.3, 0.4) is 0 Å². The first-order valence-electron chi connectivity index (χ1n) is 5.80. The van der Waals surface area contributed by atoms with E-state index in [1.165, 1.54) is 12.1 Å². The minimum absolute atomic E-state index is 0.230. The van der Waals surface area contributed by atoms with Crippen LogP contribution in [0, 0.1) is 19.7 Å². The molecule has 0 radical (unpaired) electrons. The van der Waals surface area contributed by atoms with Crippen LogP contribution in [0.2, 0.25) is 0 Å². The Morgan fingerprint density at radius 3 is 2.56 bits per heavy atom. The maximum Gasteiger partial charge on any atom is 0.142 e. The summed E-state index contributed by atoms with van der Waals surface area (Å²) >= 11 is 0. The molecule has 2 aromatic carbocycles. The first-order valence-corrected chi connectivity index (χ1v) is 5.80. The van der Waals surface area contributed by atoms with Crippen LogP contribution in [0.15, 0.2) is 36.4 Å². The van der Waals surface area contributed by atoms with Crippen LogP contribution < -0.4 is 10.5 Å². The molecule has 0 saturated heterocycles. The van der Waals surface area contributed by atoms with E-state index in [1.54, 1.807) is 6.07 Å². The Morgan fingerprint density at radius 1 is 1.11 bits per heavy atom. The van der Waals surface area contributed by atoms with Gasteiger partial charge in [-0.05, 0) is 54.8 Å². The van der Waals surface area contributed by atoms with Gasteiger partial charge in [0, 0.05) is 0 Å². The molecule has 0 amide bonds. The Balaban J connectivity index is 2.11. The summed E-state index contributed by atoms with van der Waals surface area (Å²) in [7, 11) is 0. The van der Waals surface area contributed by atoms with Crippen LogP contribution in [-0.2, 0) is 6.61 Å². The van der Waals surface area contributed by atoms with Crippen LogP contribution in [0.5, 0.6) is 5.75 Å². The fourth-order valence-electron chi connectivity index (χ4n) is 1.78. The van der Waals surface area contributed by atoms with Gasteiger partial charge >= 0.3 is 0 Å². The zero-order chi connectivity index (χ0) is 13.1. The predicted molar refractivity (Wildman–Crippen MR) is 71.1 cm³/mol. The topological polar surface area (TPSA) is 35.2 Å². The third-order valence-electron chi connectivity index (χ3n) is 2.85. The van der Waals surface area contributed by atoms with Gasteiger partial charge in [0.1, 0.15) is 18.2 Å². The third kappa shape index (κ3) is 2.80.